The van der Waals surface area contributed by atoms with Gasteiger partial charge >= 0.3 is 5.97 Å². The Morgan fingerprint density at radius 2 is 1.85 bits per heavy atom. The van der Waals surface area contributed by atoms with Crippen LogP contribution in [0.15, 0.2) is 53.6 Å². The van der Waals surface area contributed by atoms with E-state index in [2.05, 4.69) is 5.10 Å². The molecular formula is C21H21ClN2O3. The predicted octanol–water partition coefficient (Wildman–Crippen LogP) is 4.58. The van der Waals surface area contributed by atoms with Crippen LogP contribution in [0.25, 0.3) is 0 Å². The number of aliphatic carboxylic acids is 1. The van der Waals surface area contributed by atoms with Crippen LogP contribution >= 0.6 is 11.6 Å². The van der Waals surface area contributed by atoms with Crippen LogP contribution in [0, 0.1) is 6.92 Å². The summed E-state index contributed by atoms with van der Waals surface area (Å²) >= 11 is 6.37. The Morgan fingerprint density at radius 3 is 2.52 bits per heavy atom. The number of hydrazone groups is 1. The summed E-state index contributed by atoms with van der Waals surface area (Å²) in [7, 11) is 0. The minimum absolute atomic E-state index is 0.0368. The third-order valence-corrected chi connectivity index (χ3v) is 4.94. The van der Waals surface area contributed by atoms with Crippen molar-refractivity contribution in [1.29, 1.82) is 0 Å². The Balaban J connectivity index is 1.87. The van der Waals surface area contributed by atoms with E-state index in [0.29, 0.717) is 11.4 Å². The molecule has 2 aromatic rings. The number of rotatable bonds is 6. The van der Waals surface area contributed by atoms with Gasteiger partial charge in [-0.3, -0.25) is 9.59 Å². The van der Waals surface area contributed by atoms with Gasteiger partial charge in [-0.25, -0.2) is 5.01 Å². The van der Waals surface area contributed by atoms with Crippen molar-refractivity contribution in [3.8, 4) is 0 Å². The first kappa shape index (κ1) is 19.1. The average molecular weight is 385 g/mol. The Labute approximate surface area is 163 Å². The van der Waals surface area contributed by atoms with E-state index < -0.39 is 5.97 Å². The third-order valence-electron chi connectivity index (χ3n) is 4.60. The smallest absolute Gasteiger partial charge is 0.303 e. The molecule has 0 fully saturated rings. The summed E-state index contributed by atoms with van der Waals surface area (Å²) in [5.41, 5.74) is 3.79. The Kier molecular flexibility index (Phi) is 5.91. The number of carboxylic acids is 1. The summed E-state index contributed by atoms with van der Waals surface area (Å²) in [6, 6.07) is 15.2. The molecule has 1 amide bonds. The molecular weight excluding hydrogens is 364 g/mol. The molecule has 0 bridgehead atoms. The molecule has 6 heteroatoms. The number of halogens is 1. The zero-order chi connectivity index (χ0) is 19.4. The molecule has 0 saturated heterocycles. The second kappa shape index (κ2) is 8.35. The topological polar surface area (TPSA) is 70.0 Å². The number of nitrogens with zero attached hydrogens (tertiary/aromatic N) is 2. The third kappa shape index (κ3) is 4.55. The first-order chi connectivity index (χ1) is 13.0. The van der Waals surface area contributed by atoms with E-state index in [1.54, 1.807) is 6.07 Å². The van der Waals surface area contributed by atoms with Crippen molar-refractivity contribution in [3.05, 3.63) is 70.2 Å². The fourth-order valence-corrected chi connectivity index (χ4v) is 3.42. The highest BCUT2D eigenvalue weighted by atomic mass is 35.5. The summed E-state index contributed by atoms with van der Waals surface area (Å²) < 4.78 is 0. The van der Waals surface area contributed by atoms with Gasteiger partial charge in [0.1, 0.15) is 0 Å². The van der Waals surface area contributed by atoms with Gasteiger partial charge in [0, 0.05) is 24.3 Å². The van der Waals surface area contributed by atoms with Gasteiger partial charge in [0.05, 0.1) is 11.8 Å². The SMILES string of the molecule is Cc1ccc(C2=NN(C(=O)CCCC(=O)O)C(c3ccccc3Cl)C2)cc1. The molecule has 1 aliphatic rings. The Morgan fingerprint density at radius 1 is 1.15 bits per heavy atom. The largest absolute Gasteiger partial charge is 0.481 e. The standard InChI is InChI=1S/C21H21ClN2O3/c1-14-9-11-15(12-10-14)18-13-19(16-5-2-3-6-17(16)22)24(23-18)20(25)7-4-8-21(26)27/h2-3,5-6,9-12,19H,4,7-8,13H2,1H3,(H,26,27). The maximum atomic E-state index is 12.7. The van der Waals surface area contributed by atoms with Crippen molar-refractivity contribution in [1.82, 2.24) is 5.01 Å². The van der Waals surface area contributed by atoms with Gasteiger partial charge in [0.15, 0.2) is 0 Å². The molecule has 140 valence electrons. The molecule has 1 heterocycles. The quantitative estimate of drug-likeness (QED) is 0.792. The monoisotopic (exact) mass is 384 g/mol. The zero-order valence-electron chi connectivity index (χ0n) is 15.1. The van der Waals surface area contributed by atoms with Crippen LogP contribution in [0.4, 0.5) is 0 Å². The lowest BCUT2D eigenvalue weighted by molar-refractivity contribution is -0.137. The van der Waals surface area contributed by atoms with Gasteiger partial charge in [0.25, 0.3) is 0 Å². The molecule has 1 N–H and O–H groups in total. The highest BCUT2D eigenvalue weighted by Gasteiger charge is 2.33. The number of hydrogen-bond donors (Lipinski definition) is 1. The molecule has 5 nitrogen and oxygen atoms in total. The maximum absolute atomic E-state index is 12.7. The van der Waals surface area contributed by atoms with Crippen LogP contribution < -0.4 is 0 Å². The summed E-state index contributed by atoms with van der Waals surface area (Å²) in [5, 5.41) is 15.4. The van der Waals surface area contributed by atoms with Gasteiger partial charge in [0.2, 0.25) is 5.91 Å². The molecule has 1 unspecified atom stereocenters. The minimum atomic E-state index is -0.907. The predicted molar refractivity (Wildman–Crippen MR) is 105 cm³/mol. The van der Waals surface area contributed by atoms with Gasteiger partial charge < -0.3 is 5.11 Å². The van der Waals surface area contributed by atoms with Gasteiger partial charge in [-0.2, -0.15) is 5.10 Å². The highest BCUT2D eigenvalue weighted by molar-refractivity contribution is 6.31. The van der Waals surface area contributed by atoms with Crippen LogP contribution in [0.3, 0.4) is 0 Å². The molecule has 1 atom stereocenters. The first-order valence-corrected chi connectivity index (χ1v) is 9.26. The highest BCUT2D eigenvalue weighted by Crippen LogP contribution is 2.36. The molecule has 0 spiro atoms. The number of hydrogen-bond acceptors (Lipinski definition) is 3. The molecule has 1 aliphatic heterocycles. The number of carbonyl (C=O) groups excluding carboxylic acids is 1. The molecule has 0 radical (unpaired) electrons. The second-order valence-corrected chi connectivity index (χ2v) is 7.05. The fourth-order valence-electron chi connectivity index (χ4n) is 3.15. The van der Waals surface area contributed by atoms with Crippen molar-refractivity contribution >= 4 is 29.2 Å². The van der Waals surface area contributed by atoms with E-state index in [0.717, 1.165) is 22.4 Å². The summed E-state index contributed by atoms with van der Waals surface area (Å²) in [6.07, 6.45) is 0.954. The van der Waals surface area contributed by atoms with Gasteiger partial charge in [-0.1, -0.05) is 59.6 Å². The van der Waals surface area contributed by atoms with Crippen LogP contribution in [0.2, 0.25) is 5.02 Å². The summed E-state index contributed by atoms with van der Waals surface area (Å²) in [4.78, 5) is 23.5. The lowest BCUT2D eigenvalue weighted by atomic mass is 9.97. The van der Waals surface area contributed by atoms with E-state index in [-0.39, 0.29) is 31.2 Å². The Hall–Kier alpha value is -2.66. The molecule has 2 aromatic carbocycles. The van der Waals surface area contributed by atoms with Gasteiger partial charge in [-0.15, -0.1) is 0 Å². The molecule has 0 aliphatic carbocycles. The van der Waals surface area contributed by atoms with Crippen LogP contribution in [0.5, 0.6) is 0 Å². The molecule has 0 saturated carbocycles. The lowest BCUT2D eigenvalue weighted by Crippen LogP contribution is -2.27. The number of amides is 1. The van der Waals surface area contributed by atoms with E-state index in [1.165, 1.54) is 5.01 Å². The number of aryl methyl sites for hydroxylation is 1. The number of carbonyl (C=O) groups is 2. The zero-order valence-corrected chi connectivity index (χ0v) is 15.8. The number of benzene rings is 2. The minimum Gasteiger partial charge on any atom is -0.481 e. The maximum Gasteiger partial charge on any atom is 0.303 e. The first-order valence-electron chi connectivity index (χ1n) is 8.88. The van der Waals surface area contributed by atoms with Gasteiger partial charge in [-0.05, 0) is 30.5 Å². The van der Waals surface area contributed by atoms with Crippen molar-refractivity contribution in [2.45, 2.75) is 38.6 Å². The normalized spacial score (nSPS) is 16.3. The summed E-state index contributed by atoms with van der Waals surface area (Å²) in [6.45, 7) is 2.02. The molecule has 27 heavy (non-hydrogen) atoms. The van der Waals surface area contributed by atoms with Crippen molar-refractivity contribution in [3.63, 3.8) is 0 Å². The number of carboxylic acid groups (broad SMARTS) is 1. The second-order valence-electron chi connectivity index (χ2n) is 6.64. The van der Waals surface area contributed by atoms with E-state index in [9.17, 15) is 9.59 Å². The Bertz CT molecular complexity index is 877. The fraction of sp³-hybridized carbons (Fsp3) is 0.286. The van der Waals surface area contributed by atoms with Crippen molar-refractivity contribution in [2.24, 2.45) is 5.10 Å². The van der Waals surface area contributed by atoms with E-state index in [1.807, 2.05) is 49.4 Å². The summed E-state index contributed by atoms with van der Waals surface area (Å²) in [5.74, 6) is -1.10. The van der Waals surface area contributed by atoms with Crippen molar-refractivity contribution < 1.29 is 14.7 Å². The van der Waals surface area contributed by atoms with E-state index >= 15 is 0 Å². The van der Waals surface area contributed by atoms with Crippen molar-refractivity contribution in [2.75, 3.05) is 0 Å². The van der Waals surface area contributed by atoms with Crippen LogP contribution in [0.1, 0.15) is 48.4 Å². The van der Waals surface area contributed by atoms with E-state index in [4.69, 9.17) is 16.7 Å². The lowest BCUT2D eigenvalue weighted by Gasteiger charge is -2.22. The average Bonchev–Trinajstić information content (AvgIpc) is 3.07. The van der Waals surface area contributed by atoms with Crippen LogP contribution in [-0.4, -0.2) is 27.7 Å². The molecule has 3 rings (SSSR count). The molecule has 0 aromatic heterocycles. The van der Waals surface area contributed by atoms with Crippen LogP contribution in [-0.2, 0) is 9.59 Å².